The summed E-state index contributed by atoms with van der Waals surface area (Å²) in [5, 5.41) is 0. The zero-order valence-corrected chi connectivity index (χ0v) is 19.3. The van der Waals surface area contributed by atoms with E-state index < -0.39 is 40.4 Å². The molecule has 1 amide bonds. The number of para-hydroxylation sites is 1. The van der Waals surface area contributed by atoms with Crippen LogP contribution in [0.3, 0.4) is 0 Å². The lowest BCUT2D eigenvalue weighted by molar-refractivity contribution is -0.159. The third-order valence-corrected chi connectivity index (χ3v) is 6.93. The molecule has 0 spiro atoms. The van der Waals surface area contributed by atoms with E-state index in [-0.39, 0.29) is 32.4 Å². The third kappa shape index (κ3) is 5.52. The van der Waals surface area contributed by atoms with Crippen molar-refractivity contribution in [3.8, 4) is 16.9 Å². The topological polar surface area (TPSA) is 75.7 Å². The Hall–Kier alpha value is -2.52. The average Bonchev–Trinajstić information content (AvgIpc) is 3.13. The molecular weight excluding hydrogens is 450 g/mol. The molecule has 2 atom stereocenters. The fraction of sp³-hybridized carbons (Fsp3) is 0.458. The van der Waals surface area contributed by atoms with E-state index in [0.717, 1.165) is 22.9 Å². The van der Waals surface area contributed by atoms with Crippen molar-refractivity contribution in [1.29, 1.82) is 0 Å². The molecule has 0 aromatic heterocycles. The number of sulfonamides is 1. The Morgan fingerprint density at radius 3 is 2.70 bits per heavy atom. The minimum absolute atomic E-state index is 0.0813. The molecule has 2 bridgehead atoms. The third-order valence-electron chi connectivity index (χ3n) is 6.20. The lowest BCUT2D eigenvalue weighted by atomic mass is 9.96. The maximum absolute atomic E-state index is 14.8. The van der Waals surface area contributed by atoms with Crippen molar-refractivity contribution in [3.63, 3.8) is 0 Å². The van der Waals surface area contributed by atoms with Crippen LogP contribution in [0.2, 0.25) is 0 Å². The van der Waals surface area contributed by atoms with E-state index in [1.165, 1.54) is 4.90 Å². The van der Waals surface area contributed by atoms with Gasteiger partial charge in [-0.1, -0.05) is 42.5 Å². The Labute approximate surface area is 193 Å². The van der Waals surface area contributed by atoms with Crippen LogP contribution in [0.25, 0.3) is 11.1 Å². The van der Waals surface area contributed by atoms with Crippen molar-refractivity contribution in [3.05, 3.63) is 54.1 Å². The van der Waals surface area contributed by atoms with Crippen LogP contribution in [-0.2, 0) is 21.2 Å². The maximum atomic E-state index is 14.8. The van der Waals surface area contributed by atoms with Crippen LogP contribution in [0.15, 0.2) is 48.5 Å². The molecule has 0 radical (unpaired) electrons. The first-order valence-corrected chi connectivity index (χ1v) is 13.0. The number of rotatable bonds is 2. The molecular formula is C24H28F2N2O4S. The fourth-order valence-corrected chi connectivity index (χ4v) is 5.48. The van der Waals surface area contributed by atoms with Gasteiger partial charge in [0.25, 0.3) is 5.91 Å². The van der Waals surface area contributed by atoms with Gasteiger partial charge in [-0.05, 0) is 42.9 Å². The monoisotopic (exact) mass is 478 g/mol. The van der Waals surface area contributed by atoms with Crippen LogP contribution in [0, 0.1) is 0 Å². The van der Waals surface area contributed by atoms with Gasteiger partial charge in [0.05, 0.1) is 18.9 Å². The highest BCUT2D eigenvalue weighted by Crippen LogP contribution is 2.34. The fourth-order valence-electron chi connectivity index (χ4n) is 4.66. The lowest BCUT2D eigenvalue weighted by Gasteiger charge is -2.31. The van der Waals surface area contributed by atoms with Crippen LogP contribution in [0.1, 0.15) is 31.2 Å². The largest absolute Gasteiger partial charge is 0.493 e. The van der Waals surface area contributed by atoms with Gasteiger partial charge in [0.2, 0.25) is 10.0 Å². The van der Waals surface area contributed by atoms with E-state index in [1.54, 1.807) is 0 Å². The second kappa shape index (κ2) is 9.38. The van der Waals surface area contributed by atoms with Crippen molar-refractivity contribution in [2.45, 2.75) is 50.1 Å². The first kappa shape index (κ1) is 23.6. The number of hydrogen-bond donors (Lipinski definition) is 1. The smallest absolute Gasteiger partial charge is 0.324 e. The summed E-state index contributed by atoms with van der Waals surface area (Å²) in [5.74, 6) is -4.08. The molecule has 0 aliphatic carbocycles. The van der Waals surface area contributed by atoms with Crippen LogP contribution in [0.4, 0.5) is 8.78 Å². The van der Waals surface area contributed by atoms with Gasteiger partial charge in [-0.3, -0.25) is 4.79 Å². The number of ether oxygens (including phenoxy) is 1. The van der Waals surface area contributed by atoms with Crippen molar-refractivity contribution in [2.75, 3.05) is 19.4 Å². The van der Waals surface area contributed by atoms with Crippen LogP contribution < -0.4 is 9.46 Å². The standard InChI is InChI=1S/C24H28F2N2O4S/c1-33(30,31)27-20-11-13-28-21(20)16-17-7-6-8-18(15-17)19-9-2-3-10-22(19)32-14-5-4-12-24(25,26)23(28)29/h2-3,6-10,15,20-21,27H,4-5,11-14,16H2,1H3. The van der Waals surface area contributed by atoms with Crippen LogP contribution in [-0.4, -0.2) is 56.6 Å². The average molecular weight is 479 g/mol. The zero-order chi connectivity index (χ0) is 23.6. The predicted octanol–water partition coefficient (Wildman–Crippen LogP) is 3.61. The molecule has 2 unspecified atom stereocenters. The highest BCUT2D eigenvalue weighted by atomic mass is 32.2. The Morgan fingerprint density at radius 1 is 1.12 bits per heavy atom. The zero-order valence-electron chi connectivity index (χ0n) is 18.5. The summed E-state index contributed by atoms with van der Waals surface area (Å²) in [6.07, 6.45) is 1.53. The van der Waals surface area contributed by atoms with Gasteiger partial charge in [0.1, 0.15) is 5.75 Å². The summed E-state index contributed by atoms with van der Waals surface area (Å²) in [4.78, 5) is 14.0. The number of nitrogens with one attached hydrogen (secondary N) is 1. The minimum atomic E-state index is -3.57. The molecule has 2 aliphatic rings. The number of fused-ring (bicyclic) bond motifs is 5. The second-order valence-electron chi connectivity index (χ2n) is 8.76. The van der Waals surface area contributed by atoms with E-state index in [4.69, 9.17) is 4.74 Å². The number of hydrogen-bond acceptors (Lipinski definition) is 4. The van der Waals surface area contributed by atoms with Gasteiger partial charge in [0, 0.05) is 24.6 Å². The molecule has 33 heavy (non-hydrogen) atoms. The molecule has 0 saturated carbocycles. The number of nitrogens with zero attached hydrogens (tertiary/aromatic N) is 1. The van der Waals surface area contributed by atoms with E-state index in [1.807, 2.05) is 48.5 Å². The lowest BCUT2D eigenvalue weighted by Crippen LogP contribution is -2.51. The number of benzene rings is 2. The Bertz CT molecular complexity index is 1120. The molecule has 2 heterocycles. The Morgan fingerprint density at radius 2 is 1.91 bits per heavy atom. The minimum Gasteiger partial charge on any atom is -0.493 e. The molecule has 9 heteroatoms. The van der Waals surface area contributed by atoms with Crippen LogP contribution in [0.5, 0.6) is 5.75 Å². The van der Waals surface area contributed by atoms with Gasteiger partial charge in [-0.15, -0.1) is 0 Å². The summed E-state index contributed by atoms with van der Waals surface area (Å²) in [5.41, 5.74) is 2.63. The number of amides is 1. The Kier molecular flexibility index (Phi) is 6.72. The van der Waals surface area contributed by atoms with E-state index in [2.05, 4.69) is 4.72 Å². The molecule has 2 aromatic carbocycles. The second-order valence-corrected chi connectivity index (χ2v) is 10.5. The molecule has 4 rings (SSSR count). The van der Waals surface area contributed by atoms with Gasteiger partial charge in [-0.2, -0.15) is 8.78 Å². The highest BCUT2D eigenvalue weighted by molar-refractivity contribution is 7.88. The van der Waals surface area contributed by atoms with E-state index >= 15 is 0 Å². The van der Waals surface area contributed by atoms with Crippen LogP contribution >= 0.6 is 0 Å². The van der Waals surface area contributed by atoms with Gasteiger partial charge in [0.15, 0.2) is 0 Å². The maximum Gasteiger partial charge on any atom is 0.324 e. The molecule has 1 fully saturated rings. The summed E-state index contributed by atoms with van der Waals surface area (Å²) >= 11 is 0. The number of carbonyl (C=O) groups is 1. The molecule has 2 aliphatic heterocycles. The number of carbonyl (C=O) groups excluding carboxylic acids is 1. The van der Waals surface area contributed by atoms with E-state index in [9.17, 15) is 22.0 Å². The van der Waals surface area contributed by atoms with E-state index in [0.29, 0.717) is 12.2 Å². The number of alkyl halides is 2. The van der Waals surface area contributed by atoms with Gasteiger partial charge >= 0.3 is 5.92 Å². The first-order chi connectivity index (χ1) is 15.6. The molecule has 2 aromatic rings. The van der Waals surface area contributed by atoms with Crippen molar-refractivity contribution < 1.29 is 26.7 Å². The summed E-state index contributed by atoms with van der Waals surface area (Å²) in [6.45, 7) is 0.353. The van der Waals surface area contributed by atoms with Gasteiger partial charge in [-0.25, -0.2) is 13.1 Å². The summed E-state index contributed by atoms with van der Waals surface area (Å²) in [7, 11) is -3.57. The van der Waals surface area contributed by atoms with Gasteiger partial charge < -0.3 is 9.64 Å². The van der Waals surface area contributed by atoms with Crippen molar-refractivity contribution >= 4 is 15.9 Å². The number of halogens is 2. The quantitative estimate of drug-likeness (QED) is 0.716. The SMILES string of the molecule is CS(=O)(=O)NC1CCN2C(=O)C(F)(F)CCCCOc3ccccc3-c3cccc(c3)CC12. The van der Waals surface area contributed by atoms with Crippen molar-refractivity contribution in [1.82, 2.24) is 9.62 Å². The summed E-state index contributed by atoms with van der Waals surface area (Å²) < 4.78 is 61.9. The normalized spacial score (nSPS) is 23.6. The summed E-state index contributed by atoms with van der Waals surface area (Å²) in [6, 6.07) is 13.9. The molecule has 1 N–H and O–H groups in total. The Balaban J connectivity index is 1.74. The first-order valence-electron chi connectivity index (χ1n) is 11.1. The predicted molar refractivity (Wildman–Crippen MR) is 122 cm³/mol. The van der Waals surface area contributed by atoms with Crippen molar-refractivity contribution in [2.24, 2.45) is 0 Å². The molecule has 1 saturated heterocycles. The molecule has 178 valence electrons. The highest BCUT2D eigenvalue weighted by Gasteiger charge is 2.48. The molecule has 6 nitrogen and oxygen atoms in total.